The maximum atomic E-state index is 12.1. The third-order valence-electron chi connectivity index (χ3n) is 3.56. The summed E-state index contributed by atoms with van der Waals surface area (Å²) in [7, 11) is 0. The smallest absolute Gasteiger partial charge is 0.338 e. The Hall–Kier alpha value is -2.64. The number of esters is 1. The topological polar surface area (TPSA) is 68.3 Å². The van der Waals surface area contributed by atoms with Crippen molar-refractivity contribution >= 4 is 40.7 Å². The summed E-state index contributed by atoms with van der Waals surface area (Å²) in [5, 5.41) is 4.80. The first-order chi connectivity index (χ1) is 13.2. The van der Waals surface area contributed by atoms with E-state index in [1.165, 1.54) is 23.1 Å². The first-order valence-corrected chi connectivity index (χ1v) is 10.2. The number of thioether (sulfide) groups is 1. The predicted molar refractivity (Wildman–Crippen MR) is 109 cm³/mol. The lowest BCUT2D eigenvalue weighted by atomic mass is 10.2. The van der Waals surface area contributed by atoms with Crippen LogP contribution in [0.15, 0.2) is 64.3 Å². The Labute approximate surface area is 165 Å². The summed E-state index contributed by atoms with van der Waals surface area (Å²) in [6, 6.07) is 16.6. The Kier molecular flexibility index (Phi) is 6.62. The lowest BCUT2D eigenvalue weighted by molar-refractivity contribution is -0.113. The first kappa shape index (κ1) is 19.1. The number of benzene rings is 2. The summed E-state index contributed by atoms with van der Waals surface area (Å²) in [6.07, 6.45) is 0. The number of rotatable bonds is 7. The molecule has 7 heteroatoms. The van der Waals surface area contributed by atoms with E-state index < -0.39 is 0 Å². The van der Waals surface area contributed by atoms with Gasteiger partial charge in [-0.15, -0.1) is 11.3 Å². The highest BCUT2D eigenvalue weighted by molar-refractivity contribution is 8.01. The molecule has 0 radical (unpaired) electrons. The van der Waals surface area contributed by atoms with Crippen molar-refractivity contribution < 1.29 is 14.3 Å². The van der Waals surface area contributed by atoms with Crippen LogP contribution in [0.5, 0.6) is 0 Å². The Morgan fingerprint density at radius 1 is 1.11 bits per heavy atom. The SMILES string of the molecule is CCOC(=O)c1ccc(NC(=O)CSc2nc(-c3ccccc3)cs2)cc1. The van der Waals surface area contributed by atoms with E-state index >= 15 is 0 Å². The predicted octanol–water partition coefficient (Wildman–Crippen LogP) is 4.72. The van der Waals surface area contributed by atoms with Crippen LogP contribution in [-0.4, -0.2) is 29.2 Å². The zero-order chi connectivity index (χ0) is 19.1. The van der Waals surface area contributed by atoms with Gasteiger partial charge in [0.15, 0.2) is 4.34 Å². The standard InChI is InChI=1S/C20H18N2O3S2/c1-2-25-19(24)15-8-10-16(11-9-15)21-18(23)13-27-20-22-17(12-26-20)14-6-4-3-5-7-14/h3-12H,2,13H2,1H3,(H,21,23). The highest BCUT2D eigenvalue weighted by atomic mass is 32.2. The molecule has 0 saturated carbocycles. The second-order valence-electron chi connectivity index (χ2n) is 5.50. The molecule has 0 aliphatic carbocycles. The quantitative estimate of drug-likeness (QED) is 0.461. The molecule has 0 spiro atoms. The average Bonchev–Trinajstić information content (AvgIpc) is 3.17. The second-order valence-corrected chi connectivity index (χ2v) is 7.58. The molecule has 1 aromatic heterocycles. The Bertz CT molecular complexity index is 908. The average molecular weight is 399 g/mol. The van der Waals surface area contributed by atoms with Crippen molar-refractivity contribution in [1.29, 1.82) is 0 Å². The van der Waals surface area contributed by atoms with Gasteiger partial charge in [0.25, 0.3) is 0 Å². The molecule has 27 heavy (non-hydrogen) atoms. The van der Waals surface area contributed by atoms with Crippen molar-refractivity contribution in [1.82, 2.24) is 4.98 Å². The molecule has 0 unspecified atom stereocenters. The molecule has 0 atom stereocenters. The fourth-order valence-electron chi connectivity index (χ4n) is 2.29. The minimum atomic E-state index is -0.371. The monoisotopic (exact) mass is 398 g/mol. The Balaban J connectivity index is 1.51. The van der Waals surface area contributed by atoms with Crippen molar-refractivity contribution in [3.05, 3.63) is 65.5 Å². The van der Waals surface area contributed by atoms with Crippen LogP contribution >= 0.6 is 23.1 Å². The van der Waals surface area contributed by atoms with Crippen molar-refractivity contribution in [3.63, 3.8) is 0 Å². The van der Waals surface area contributed by atoms with Crippen molar-refractivity contribution in [2.24, 2.45) is 0 Å². The van der Waals surface area contributed by atoms with Crippen LogP contribution in [0.2, 0.25) is 0 Å². The van der Waals surface area contributed by atoms with Gasteiger partial charge < -0.3 is 10.1 Å². The molecule has 3 rings (SSSR count). The summed E-state index contributed by atoms with van der Waals surface area (Å²) in [5.74, 6) is -0.231. The van der Waals surface area contributed by atoms with Crippen LogP contribution in [0.4, 0.5) is 5.69 Å². The van der Waals surface area contributed by atoms with E-state index in [1.54, 1.807) is 31.2 Å². The van der Waals surface area contributed by atoms with Gasteiger partial charge in [0.05, 0.1) is 23.6 Å². The van der Waals surface area contributed by atoms with Gasteiger partial charge >= 0.3 is 5.97 Å². The van der Waals surface area contributed by atoms with Crippen LogP contribution < -0.4 is 5.32 Å². The summed E-state index contributed by atoms with van der Waals surface area (Å²) in [6.45, 7) is 2.09. The van der Waals surface area contributed by atoms with Crippen LogP contribution in [0.25, 0.3) is 11.3 Å². The van der Waals surface area contributed by atoms with E-state index in [0.29, 0.717) is 17.9 Å². The molecule has 0 aliphatic rings. The van der Waals surface area contributed by atoms with E-state index in [0.717, 1.165) is 15.6 Å². The molecule has 3 aromatic rings. The van der Waals surface area contributed by atoms with Gasteiger partial charge in [-0.1, -0.05) is 42.1 Å². The van der Waals surface area contributed by atoms with Crippen LogP contribution in [0.1, 0.15) is 17.3 Å². The van der Waals surface area contributed by atoms with Gasteiger partial charge in [-0.2, -0.15) is 0 Å². The van der Waals surface area contributed by atoms with Crippen LogP contribution in [-0.2, 0) is 9.53 Å². The van der Waals surface area contributed by atoms with Crippen LogP contribution in [0, 0.1) is 0 Å². The largest absolute Gasteiger partial charge is 0.462 e. The number of ether oxygens (including phenoxy) is 1. The summed E-state index contributed by atoms with van der Waals surface area (Å²) < 4.78 is 5.78. The summed E-state index contributed by atoms with van der Waals surface area (Å²) >= 11 is 2.92. The molecular formula is C20H18N2O3S2. The molecule has 0 saturated heterocycles. The Morgan fingerprint density at radius 2 is 1.85 bits per heavy atom. The summed E-state index contributed by atoms with van der Waals surface area (Å²) in [5.41, 5.74) is 3.07. The summed E-state index contributed by atoms with van der Waals surface area (Å²) in [4.78, 5) is 28.3. The number of hydrogen-bond acceptors (Lipinski definition) is 6. The first-order valence-electron chi connectivity index (χ1n) is 8.36. The number of thiazole rings is 1. The zero-order valence-corrected chi connectivity index (χ0v) is 16.3. The maximum Gasteiger partial charge on any atom is 0.338 e. The van der Waals surface area contributed by atoms with Gasteiger partial charge in [0.2, 0.25) is 5.91 Å². The third-order valence-corrected chi connectivity index (χ3v) is 5.58. The van der Waals surface area contributed by atoms with Crippen molar-refractivity contribution in [2.75, 3.05) is 17.7 Å². The fourth-order valence-corrected chi connectivity index (χ4v) is 3.93. The lowest BCUT2D eigenvalue weighted by Crippen LogP contribution is -2.14. The number of aromatic nitrogens is 1. The number of nitrogens with zero attached hydrogens (tertiary/aromatic N) is 1. The molecule has 1 heterocycles. The van der Waals surface area contributed by atoms with Gasteiger partial charge in [-0.05, 0) is 31.2 Å². The highest BCUT2D eigenvalue weighted by Gasteiger charge is 2.10. The van der Waals surface area contributed by atoms with Gasteiger partial charge in [-0.25, -0.2) is 9.78 Å². The van der Waals surface area contributed by atoms with E-state index in [-0.39, 0.29) is 17.6 Å². The molecule has 2 aromatic carbocycles. The van der Waals surface area contributed by atoms with E-state index in [4.69, 9.17) is 4.74 Å². The molecule has 0 fully saturated rings. The zero-order valence-electron chi connectivity index (χ0n) is 14.7. The van der Waals surface area contributed by atoms with E-state index in [2.05, 4.69) is 10.3 Å². The molecule has 5 nitrogen and oxygen atoms in total. The van der Waals surface area contributed by atoms with Crippen molar-refractivity contribution in [2.45, 2.75) is 11.3 Å². The van der Waals surface area contributed by atoms with E-state index in [1.807, 2.05) is 35.7 Å². The number of amides is 1. The molecule has 1 amide bonds. The molecule has 1 N–H and O–H groups in total. The number of anilines is 1. The normalized spacial score (nSPS) is 10.4. The number of hydrogen-bond donors (Lipinski definition) is 1. The molecule has 0 bridgehead atoms. The van der Waals surface area contributed by atoms with Gasteiger partial charge in [0, 0.05) is 16.6 Å². The second kappa shape index (κ2) is 9.34. The fraction of sp³-hybridized carbons (Fsp3) is 0.150. The minimum absolute atomic E-state index is 0.125. The molecule has 138 valence electrons. The molecular weight excluding hydrogens is 380 g/mol. The minimum Gasteiger partial charge on any atom is -0.462 e. The van der Waals surface area contributed by atoms with Crippen molar-refractivity contribution in [3.8, 4) is 11.3 Å². The van der Waals surface area contributed by atoms with Gasteiger partial charge in [0.1, 0.15) is 0 Å². The maximum absolute atomic E-state index is 12.1. The number of carbonyl (C=O) groups is 2. The number of carbonyl (C=O) groups excluding carboxylic acids is 2. The molecule has 0 aliphatic heterocycles. The number of nitrogens with one attached hydrogen (secondary N) is 1. The van der Waals surface area contributed by atoms with Crippen LogP contribution in [0.3, 0.4) is 0 Å². The lowest BCUT2D eigenvalue weighted by Gasteiger charge is -2.06. The Morgan fingerprint density at radius 3 is 2.56 bits per heavy atom. The third kappa shape index (κ3) is 5.42. The van der Waals surface area contributed by atoms with E-state index in [9.17, 15) is 9.59 Å². The highest BCUT2D eigenvalue weighted by Crippen LogP contribution is 2.28. The van der Waals surface area contributed by atoms with Gasteiger partial charge in [-0.3, -0.25) is 4.79 Å².